The van der Waals surface area contributed by atoms with Crippen molar-refractivity contribution in [2.75, 3.05) is 4.90 Å². The first-order chi connectivity index (χ1) is 17.8. The zero-order valence-electron chi connectivity index (χ0n) is 20.7. The summed E-state index contributed by atoms with van der Waals surface area (Å²) < 4.78 is 5.89. The van der Waals surface area contributed by atoms with Gasteiger partial charge in [-0.15, -0.1) is 11.3 Å². The molecular formula is C30H26N2O4S. The Morgan fingerprint density at radius 1 is 1.00 bits per heavy atom. The number of carbonyl (C=O) groups excluding carboxylic acids is 2. The maximum Gasteiger partial charge on any atom is 0.294 e. The highest BCUT2D eigenvalue weighted by Gasteiger charge is 2.45. The Balaban J connectivity index is 1.63. The van der Waals surface area contributed by atoms with Crippen LogP contribution < -0.4 is 9.64 Å². The molecule has 0 saturated heterocycles. The molecule has 37 heavy (non-hydrogen) atoms. The average molecular weight is 511 g/mol. The van der Waals surface area contributed by atoms with E-state index in [4.69, 9.17) is 4.74 Å². The summed E-state index contributed by atoms with van der Waals surface area (Å²) in [6.07, 6.45) is -0.0491. The minimum Gasteiger partial charge on any atom is -0.503 e. The van der Waals surface area contributed by atoms with Gasteiger partial charge in [0.1, 0.15) is 10.8 Å². The topological polar surface area (TPSA) is 79.7 Å². The second-order valence-electron chi connectivity index (χ2n) is 9.04. The molecule has 1 aliphatic rings. The number of nitrogens with zero attached hydrogens (tertiary/aromatic N) is 2. The SMILES string of the molecule is Cc1nc(-c2ccccc2)sc1C(=O)C1=C(O)C(=O)N(c2ccccc2)C1c1cccc(OC(C)C)c1. The minimum absolute atomic E-state index is 0.0295. The molecule has 3 aromatic carbocycles. The number of aliphatic hydroxyl groups excluding tert-OH is 1. The third-order valence-electron chi connectivity index (χ3n) is 6.06. The van der Waals surface area contributed by atoms with Crippen LogP contribution in [0.25, 0.3) is 10.6 Å². The molecule has 1 unspecified atom stereocenters. The lowest BCUT2D eigenvalue weighted by Gasteiger charge is -2.27. The standard InChI is InChI=1S/C30H26N2O4S/c1-18(2)36-23-16-10-13-21(17-23)25-24(27(34)30(35)32(25)22-14-8-5-9-15-22)26(33)28-19(3)31-29(37-28)20-11-6-4-7-12-20/h4-18,25,34H,1-3H3. The molecule has 6 nitrogen and oxygen atoms in total. The molecule has 0 saturated carbocycles. The predicted molar refractivity (Wildman–Crippen MR) is 145 cm³/mol. The van der Waals surface area contributed by atoms with Crippen molar-refractivity contribution in [1.82, 2.24) is 4.98 Å². The average Bonchev–Trinajstić information content (AvgIpc) is 3.42. The number of carbonyl (C=O) groups is 2. The lowest BCUT2D eigenvalue weighted by Crippen LogP contribution is -2.31. The monoisotopic (exact) mass is 510 g/mol. The Bertz CT molecular complexity index is 1490. The van der Waals surface area contributed by atoms with Gasteiger partial charge in [0.2, 0.25) is 5.78 Å². The zero-order valence-corrected chi connectivity index (χ0v) is 21.5. The summed E-state index contributed by atoms with van der Waals surface area (Å²) in [5.41, 5.74) is 2.72. The molecular weight excluding hydrogens is 484 g/mol. The fraction of sp³-hybridized carbons (Fsp3) is 0.167. The Morgan fingerprint density at radius 3 is 2.35 bits per heavy atom. The molecule has 1 atom stereocenters. The molecule has 2 heterocycles. The van der Waals surface area contributed by atoms with Gasteiger partial charge in [-0.05, 0) is 50.6 Å². The van der Waals surface area contributed by atoms with Crippen molar-refractivity contribution in [1.29, 1.82) is 0 Å². The van der Waals surface area contributed by atoms with Crippen molar-refractivity contribution < 1.29 is 19.4 Å². The first kappa shape index (κ1) is 24.5. The van der Waals surface area contributed by atoms with Gasteiger partial charge in [0.25, 0.3) is 5.91 Å². The highest BCUT2D eigenvalue weighted by Crippen LogP contribution is 2.43. The van der Waals surface area contributed by atoms with Crippen LogP contribution >= 0.6 is 11.3 Å². The van der Waals surface area contributed by atoms with Gasteiger partial charge in [0.05, 0.1) is 28.3 Å². The van der Waals surface area contributed by atoms with Crippen molar-refractivity contribution in [3.8, 4) is 16.3 Å². The minimum atomic E-state index is -0.834. The highest BCUT2D eigenvalue weighted by atomic mass is 32.1. The lowest BCUT2D eigenvalue weighted by molar-refractivity contribution is -0.117. The van der Waals surface area contributed by atoms with E-state index in [0.29, 0.717) is 32.6 Å². The van der Waals surface area contributed by atoms with Crippen LogP contribution in [-0.4, -0.2) is 27.9 Å². The number of thiazole rings is 1. The van der Waals surface area contributed by atoms with Crippen molar-refractivity contribution in [3.05, 3.63) is 112 Å². The summed E-state index contributed by atoms with van der Waals surface area (Å²) in [6.45, 7) is 5.63. The number of hydrogen-bond acceptors (Lipinski definition) is 6. The predicted octanol–water partition coefficient (Wildman–Crippen LogP) is 6.69. The largest absolute Gasteiger partial charge is 0.503 e. The van der Waals surface area contributed by atoms with E-state index in [1.807, 2.05) is 86.6 Å². The third kappa shape index (κ3) is 4.66. The molecule has 0 bridgehead atoms. The van der Waals surface area contributed by atoms with Gasteiger partial charge in [0, 0.05) is 11.3 Å². The number of ether oxygens (including phenoxy) is 1. The fourth-order valence-electron chi connectivity index (χ4n) is 4.47. The van der Waals surface area contributed by atoms with Crippen molar-refractivity contribution in [2.45, 2.75) is 32.9 Å². The number of aryl methyl sites for hydroxylation is 1. The normalized spacial score (nSPS) is 15.5. The van der Waals surface area contributed by atoms with Crippen LogP contribution in [0.1, 0.15) is 40.8 Å². The number of para-hydroxylation sites is 1. The van der Waals surface area contributed by atoms with Crippen molar-refractivity contribution >= 4 is 28.7 Å². The number of benzene rings is 3. The Labute approximate surface area is 219 Å². The number of hydrogen-bond donors (Lipinski definition) is 1. The van der Waals surface area contributed by atoms with Crippen LogP contribution in [0, 0.1) is 6.92 Å². The van der Waals surface area contributed by atoms with Crippen LogP contribution in [0.5, 0.6) is 5.75 Å². The third-order valence-corrected chi connectivity index (χ3v) is 7.26. The first-order valence-corrected chi connectivity index (χ1v) is 12.8. The molecule has 0 spiro atoms. The number of Topliss-reactive ketones (excluding diaryl/α,β-unsaturated/α-hetero) is 1. The van der Waals surface area contributed by atoms with Gasteiger partial charge < -0.3 is 9.84 Å². The first-order valence-electron chi connectivity index (χ1n) is 12.0. The lowest BCUT2D eigenvalue weighted by atomic mass is 9.94. The smallest absolute Gasteiger partial charge is 0.294 e. The summed E-state index contributed by atoms with van der Waals surface area (Å²) in [6, 6.07) is 25.1. The van der Waals surface area contributed by atoms with Crippen LogP contribution in [0.3, 0.4) is 0 Å². The Kier molecular flexibility index (Phi) is 6.63. The number of aromatic nitrogens is 1. The second kappa shape index (κ2) is 10.0. The van der Waals surface area contributed by atoms with E-state index >= 15 is 0 Å². The van der Waals surface area contributed by atoms with E-state index in [9.17, 15) is 14.7 Å². The Hall–Kier alpha value is -4.23. The summed E-state index contributed by atoms with van der Waals surface area (Å²) >= 11 is 1.26. The quantitative estimate of drug-likeness (QED) is 0.280. The molecule has 1 N–H and O–H groups in total. The van der Waals surface area contributed by atoms with E-state index in [-0.39, 0.29) is 11.7 Å². The van der Waals surface area contributed by atoms with Crippen LogP contribution in [0.4, 0.5) is 5.69 Å². The maximum absolute atomic E-state index is 14.0. The van der Waals surface area contributed by atoms with Crippen LogP contribution in [-0.2, 0) is 4.79 Å². The molecule has 0 aliphatic carbocycles. The van der Waals surface area contributed by atoms with E-state index in [2.05, 4.69) is 4.98 Å². The molecule has 5 rings (SSSR count). The van der Waals surface area contributed by atoms with Crippen molar-refractivity contribution in [3.63, 3.8) is 0 Å². The number of amides is 1. The van der Waals surface area contributed by atoms with Crippen LogP contribution in [0.15, 0.2) is 96.3 Å². The number of anilines is 1. The van der Waals surface area contributed by atoms with Crippen LogP contribution in [0.2, 0.25) is 0 Å². The molecule has 1 amide bonds. The van der Waals surface area contributed by atoms with Gasteiger partial charge in [-0.25, -0.2) is 4.98 Å². The molecule has 4 aromatic rings. The van der Waals surface area contributed by atoms with Gasteiger partial charge >= 0.3 is 0 Å². The van der Waals surface area contributed by atoms with Gasteiger partial charge in [-0.1, -0.05) is 60.7 Å². The summed E-state index contributed by atoms with van der Waals surface area (Å²) in [4.78, 5) is 33.9. The summed E-state index contributed by atoms with van der Waals surface area (Å²) in [5, 5.41) is 11.8. The number of rotatable bonds is 7. The van der Waals surface area contributed by atoms with E-state index in [1.165, 1.54) is 16.2 Å². The van der Waals surface area contributed by atoms with E-state index < -0.39 is 23.5 Å². The molecule has 1 aromatic heterocycles. The zero-order chi connectivity index (χ0) is 26.1. The van der Waals surface area contributed by atoms with Crippen molar-refractivity contribution in [2.24, 2.45) is 0 Å². The molecule has 0 radical (unpaired) electrons. The molecule has 7 heteroatoms. The molecule has 1 aliphatic heterocycles. The summed E-state index contributed by atoms with van der Waals surface area (Å²) in [5.74, 6) is -0.976. The maximum atomic E-state index is 14.0. The van der Waals surface area contributed by atoms with E-state index in [0.717, 1.165) is 5.56 Å². The Morgan fingerprint density at radius 2 is 1.68 bits per heavy atom. The second-order valence-corrected chi connectivity index (χ2v) is 10.0. The van der Waals surface area contributed by atoms with Gasteiger partial charge in [0.15, 0.2) is 5.76 Å². The molecule has 186 valence electrons. The fourth-order valence-corrected chi connectivity index (χ4v) is 5.50. The summed E-state index contributed by atoms with van der Waals surface area (Å²) in [7, 11) is 0. The number of aliphatic hydroxyl groups is 1. The van der Waals surface area contributed by atoms with Gasteiger partial charge in [-0.2, -0.15) is 0 Å². The molecule has 0 fully saturated rings. The number of ketones is 1. The van der Waals surface area contributed by atoms with Gasteiger partial charge in [-0.3, -0.25) is 14.5 Å². The van der Waals surface area contributed by atoms with E-state index in [1.54, 1.807) is 19.1 Å². The highest BCUT2D eigenvalue weighted by molar-refractivity contribution is 7.17.